The third-order valence-corrected chi connectivity index (χ3v) is 5.75. The van der Waals surface area contributed by atoms with Gasteiger partial charge in [-0.25, -0.2) is 4.98 Å². The number of carbonyl (C=O) groups is 1. The van der Waals surface area contributed by atoms with Gasteiger partial charge < -0.3 is 10.2 Å². The first-order valence-corrected chi connectivity index (χ1v) is 8.52. The molecule has 1 N–H and O–H groups in total. The first-order chi connectivity index (χ1) is 10.2. The number of nitrogens with one attached hydrogen (secondary N) is 1. The van der Waals surface area contributed by atoms with Crippen LogP contribution in [-0.4, -0.2) is 41.5 Å². The number of hydrogen-bond acceptors (Lipinski definition) is 4. The number of amides is 1. The van der Waals surface area contributed by atoms with Gasteiger partial charge in [0.25, 0.3) is 5.91 Å². The SMILES string of the molecule is O=C(N[C@@H]1C[C@H]2CCN(C2)C1)c1cc2ccsc2c(Cl)n1. The number of hydrogen-bond donors (Lipinski definition) is 1. The normalized spacial score (nSPS) is 28.0. The Balaban J connectivity index is 1.53. The van der Waals surface area contributed by atoms with Crippen molar-refractivity contribution in [3.8, 4) is 0 Å². The Morgan fingerprint density at radius 2 is 2.38 bits per heavy atom. The van der Waals surface area contributed by atoms with Crippen LogP contribution in [0.2, 0.25) is 5.15 Å². The number of halogens is 1. The van der Waals surface area contributed by atoms with Crippen molar-refractivity contribution in [2.24, 2.45) is 5.92 Å². The molecule has 2 fully saturated rings. The summed E-state index contributed by atoms with van der Waals surface area (Å²) in [5, 5.41) is 6.49. The van der Waals surface area contributed by atoms with E-state index in [0.717, 1.165) is 29.0 Å². The smallest absolute Gasteiger partial charge is 0.270 e. The molecule has 2 aliphatic heterocycles. The Morgan fingerprint density at radius 3 is 3.24 bits per heavy atom. The first-order valence-electron chi connectivity index (χ1n) is 7.26. The van der Waals surface area contributed by atoms with Gasteiger partial charge in [-0.1, -0.05) is 11.6 Å². The minimum atomic E-state index is -0.113. The maximum Gasteiger partial charge on any atom is 0.270 e. The zero-order chi connectivity index (χ0) is 14.4. The number of rotatable bonds is 2. The van der Waals surface area contributed by atoms with Gasteiger partial charge >= 0.3 is 0 Å². The molecule has 4 rings (SSSR count). The molecule has 2 aliphatic rings. The molecule has 0 aromatic carbocycles. The summed E-state index contributed by atoms with van der Waals surface area (Å²) in [6.07, 6.45) is 2.34. The maximum atomic E-state index is 12.4. The van der Waals surface area contributed by atoms with Crippen molar-refractivity contribution in [2.75, 3.05) is 19.6 Å². The van der Waals surface area contributed by atoms with Gasteiger partial charge in [-0.05, 0) is 48.2 Å². The summed E-state index contributed by atoms with van der Waals surface area (Å²) in [4.78, 5) is 19.1. The quantitative estimate of drug-likeness (QED) is 0.865. The van der Waals surface area contributed by atoms with E-state index in [9.17, 15) is 4.79 Å². The van der Waals surface area contributed by atoms with Gasteiger partial charge in [-0.15, -0.1) is 11.3 Å². The minimum Gasteiger partial charge on any atom is -0.347 e. The molecule has 2 aromatic rings. The maximum absolute atomic E-state index is 12.4. The van der Waals surface area contributed by atoms with E-state index in [0.29, 0.717) is 10.8 Å². The van der Waals surface area contributed by atoms with E-state index in [1.165, 1.54) is 19.5 Å². The second-order valence-corrected chi connectivity index (χ2v) is 7.23. The Bertz CT molecular complexity index is 689. The molecular weight excluding hydrogens is 306 g/mol. The predicted octanol–water partition coefficient (Wildman–Crippen LogP) is 2.77. The van der Waals surface area contributed by atoms with Crippen LogP contribution in [0.25, 0.3) is 10.1 Å². The molecule has 2 bridgehead atoms. The Labute approximate surface area is 132 Å². The van der Waals surface area contributed by atoms with E-state index in [4.69, 9.17) is 11.6 Å². The zero-order valence-corrected chi connectivity index (χ0v) is 13.1. The van der Waals surface area contributed by atoms with Crippen molar-refractivity contribution in [1.82, 2.24) is 15.2 Å². The largest absolute Gasteiger partial charge is 0.347 e. The summed E-state index contributed by atoms with van der Waals surface area (Å²) in [7, 11) is 0. The van der Waals surface area contributed by atoms with Crippen LogP contribution in [0.3, 0.4) is 0 Å². The van der Waals surface area contributed by atoms with Crippen LogP contribution >= 0.6 is 22.9 Å². The molecule has 2 saturated heterocycles. The highest BCUT2D eigenvalue weighted by Gasteiger charge is 2.33. The average molecular weight is 322 g/mol. The third kappa shape index (κ3) is 2.54. The van der Waals surface area contributed by atoms with Gasteiger partial charge in [0.2, 0.25) is 0 Å². The second-order valence-electron chi connectivity index (χ2n) is 5.96. The van der Waals surface area contributed by atoms with E-state index in [1.807, 2.05) is 17.5 Å². The fourth-order valence-corrected chi connectivity index (χ4v) is 4.57. The molecule has 4 nitrogen and oxygen atoms in total. The van der Waals surface area contributed by atoms with Gasteiger partial charge in [0.1, 0.15) is 10.8 Å². The standard InChI is InChI=1S/C15H16ClN3OS/c16-14-13-10(2-4-21-13)6-12(18-14)15(20)17-11-5-9-1-3-19(7-9)8-11/h2,4,6,9,11H,1,3,5,7-8H2,(H,17,20)/t9-,11-/m1/s1. The van der Waals surface area contributed by atoms with E-state index >= 15 is 0 Å². The number of carbonyl (C=O) groups excluding carboxylic acids is 1. The Kier molecular flexibility index (Phi) is 3.36. The topological polar surface area (TPSA) is 45.2 Å². The van der Waals surface area contributed by atoms with Crippen LogP contribution < -0.4 is 5.32 Å². The lowest BCUT2D eigenvalue weighted by molar-refractivity contribution is 0.0904. The lowest BCUT2D eigenvalue weighted by Gasteiger charge is -2.30. The molecule has 3 atom stereocenters. The van der Waals surface area contributed by atoms with Gasteiger partial charge in [0, 0.05) is 19.1 Å². The van der Waals surface area contributed by atoms with Crippen LogP contribution in [0.4, 0.5) is 0 Å². The lowest BCUT2D eigenvalue weighted by atomic mass is 9.97. The first kappa shape index (κ1) is 13.5. The summed E-state index contributed by atoms with van der Waals surface area (Å²) >= 11 is 7.70. The van der Waals surface area contributed by atoms with E-state index < -0.39 is 0 Å². The van der Waals surface area contributed by atoms with Gasteiger partial charge in [0.15, 0.2) is 0 Å². The van der Waals surface area contributed by atoms with Crippen LogP contribution in [0.1, 0.15) is 23.3 Å². The summed E-state index contributed by atoms with van der Waals surface area (Å²) in [6.45, 7) is 3.32. The lowest BCUT2D eigenvalue weighted by Crippen LogP contribution is -2.47. The fourth-order valence-electron chi connectivity index (χ4n) is 3.48. The highest BCUT2D eigenvalue weighted by atomic mass is 35.5. The van der Waals surface area contributed by atoms with Crippen LogP contribution in [0, 0.1) is 5.92 Å². The molecule has 110 valence electrons. The minimum absolute atomic E-state index is 0.113. The fraction of sp³-hybridized carbons (Fsp3) is 0.467. The number of aromatic nitrogens is 1. The Morgan fingerprint density at radius 1 is 1.48 bits per heavy atom. The highest BCUT2D eigenvalue weighted by Crippen LogP contribution is 2.29. The molecule has 1 unspecified atom stereocenters. The zero-order valence-electron chi connectivity index (χ0n) is 11.5. The van der Waals surface area contributed by atoms with Crippen molar-refractivity contribution < 1.29 is 4.79 Å². The molecule has 0 radical (unpaired) electrons. The van der Waals surface area contributed by atoms with Crippen molar-refractivity contribution in [3.05, 3.63) is 28.4 Å². The Hall–Kier alpha value is -1.17. The predicted molar refractivity (Wildman–Crippen MR) is 85.0 cm³/mol. The van der Waals surface area contributed by atoms with Gasteiger partial charge in [0.05, 0.1) is 4.70 Å². The van der Waals surface area contributed by atoms with E-state index in [2.05, 4.69) is 15.2 Å². The number of thiophene rings is 1. The highest BCUT2D eigenvalue weighted by molar-refractivity contribution is 7.17. The number of fused-ring (bicyclic) bond motifs is 3. The molecule has 1 amide bonds. The molecule has 0 saturated carbocycles. The molecule has 21 heavy (non-hydrogen) atoms. The van der Waals surface area contributed by atoms with Crippen molar-refractivity contribution in [3.63, 3.8) is 0 Å². The van der Waals surface area contributed by atoms with Crippen LogP contribution in [-0.2, 0) is 0 Å². The van der Waals surface area contributed by atoms with Gasteiger partial charge in [-0.2, -0.15) is 0 Å². The van der Waals surface area contributed by atoms with Crippen molar-refractivity contribution in [2.45, 2.75) is 18.9 Å². The molecule has 0 aliphatic carbocycles. The number of pyridine rings is 1. The molecule has 2 aromatic heterocycles. The summed E-state index contributed by atoms with van der Waals surface area (Å²) < 4.78 is 0.940. The van der Waals surface area contributed by atoms with E-state index in [-0.39, 0.29) is 11.9 Å². The second kappa shape index (κ2) is 5.23. The molecule has 4 heterocycles. The average Bonchev–Trinajstić information content (AvgIpc) is 3.05. The van der Waals surface area contributed by atoms with Crippen LogP contribution in [0.5, 0.6) is 0 Å². The molecule has 0 spiro atoms. The molecule has 6 heteroatoms. The van der Waals surface area contributed by atoms with Crippen molar-refractivity contribution in [1.29, 1.82) is 0 Å². The summed E-state index contributed by atoms with van der Waals surface area (Å²) in [5.41, 5.74) is 0.416. The number of nitrogens with zero attached hydrogens (tertiary/aromatic N) is 2. The van der Waals surface area contributed by atoms with Gasteiger partial charge in [-0.3, -0.25) is 4.79 Å². The molecular formula is C15H16ClN3OS. The summed E-state index contributed by atoms with van der Waals surface area (Å²) in [6, 6.07) is 4.03. The van der Waals surface area contributed by atoms with Crippen molar-refractivity contribution >= 4 is 38.9 Å². The summed E-state index contributed by atoms with van der Waals surface area (Å²) in [5.74, 6) is 0.623. The number of piperidine rings is 1. The van der Waals surface area contributed by atoms with Crippen LogP contribution in [0.15, 0.2) is 17.5 Å². The monoisotopic (exact) mass is 321 g/mol. The third-order valence-electron chi connectivity index (χ3n) is 4.43. The van der Waals surface area contributed by atoms with E-state index in [1.54, 1.807) is 11.3 Å².